The molecule has 2 atom stereocenters. The Kier molecular flexibility index (Phi) is 4.52. The summed E-state index contributed by atoms with van der Waals surface area (Å²) < 4.78 is 0. The Morgan fingerprint density at radius 3 is 2.39 bits per heavy atom. The summed E-state index contributed by atoms with van der Waals surface area (Å²) >= 11 is 0. The van der Waals surface area contributed by atoms with Gasteiger partial charge in [-0.3, -0.25) is 9.59 Å². The van der Waals surface area contributed by atoms with Crippen LogP contribution in [0.1, 0.15) is 65.2 Å². The number of likely N-dealkylation sites (tertiary alicyclic amines) is 1. The molecule has 0 bridgehead atoms. The smallest absolute Gasteiger partial charge is 0.307 e. The molecule has 0 aromatic carbocycles. The molecule has 1 saturated heterocycles. The molecule has 0 spiro atoms. The van der Waals surface area contributed by atoms with Crippen molar-refractivity contribution < 1.29 is 14.7 Å². The Hall–Kier alpha value is -1.32. The van der Waals surface area contributed by atoms with Crippen molar-refractivity contribution in [3.63, 3.8) is 0 Å². The van der Waals surface area contributed by atoms with Crippen molar-refractivity contribution >= 4 is 11.9 Å². The van der Waals surface area contributed by atoms with Crippen molar-refractivity contribution in [2.45, 2.75) is 65.2 Å². The lowest BCUT2D eigenvalue weighted by atomic mass is 9.63. The largest absolute Gasteiger partial charge is 0.481 e. The quantitative estimate of drug-likeness (QED) is 0.791. The highest BCUT2D eigenvalue weighted by atomic mass is 16.4. The number of hydrogen-bond acceptors (Lipinski definition) is 2. The predicted octanol–water partition coefficient (Wildman–Crippen LogP) is 3.62. The Labute approximate surface area is 138 Å². The summed E-state index contributed by atoms with van der Waals surface area (Å²) in [6.45, 7) is 6.07. The van der Waals surface area contributed by atoms with Crippen LogP contribution in [0.3, 0.4) is 0 Å². The van der Waals surface area contributed by atoms with E-state index < -0.39 is 11.9 Å². The number of carbonyl (C=O) groups excluding carboxylic acids is 1. The second kappa shape index (κ2) is 6.29. The van der Waals surface area contributed by atoms with Gasteiger partial charge in [-0.05, 0) is 56.8 Å². The van der Waals surface area contributed by atoms with E-state index in [9.17, 15) is 14.7 Å². The molecule has 1 N–H and O–H groups in total. The van der Waals surface area contributed by atoms with Crippen molar-refractivity contribution in [2.75, 3.05) is 13.1 Å². The fourth-order valence-corrected chi connectivity index (χ4v) is 4.81. The first-order valence-electron chi connectivity index (χ1n) is 9.13. The summed E-state index contributed by atoms with van der Waals surface area (Å²) in [6.07, 6.45) is 7.87. The third-order valence-corrected chi connectivity index (χ3v) is 6.20. The number of hydrogen-bond donors (Lipinski definition) is 1. The van der Waals surface area contributed by atoms with E-state index in [1.807, 2.05) is 4.90 Å². The molecule has 23 heavy (non-hydrogen) atoms. The van der Waals surface area contributed by atoms with Gasteiger partial charge < -0.3 is 10.0 Å². The van der Waals surface area contributed by atoms with E-state index in [1.54, 1.807) is 0 Å². The fraction of sp³-hybridized carbons (Fsp3) is 0.789. The van der Waals surface area contributed by atoms with Crippen molar-refractivity contribution in [3.8, 4) is 0 Å². The minimum Gasteiger partial charge on any atom is -0.481 e. The Morgan fingerprint density at radius 1 is 1.04 bits per heavy atom. The molecule has 1 aliphatic heterocycles. The first-order chi connectivity index (χ1) is 10.9. The lowest BCUT2D eigenvalue weighted by Crippen LogP contribution is -2.46. The van der Waals surface area contributed by atoms with Gasteiger partial charge in [0.25, 0.3) is 0 Å². The first-order valence-corrected chi connectivity index (χ1v) is 9.13. The van der Waals surface area contributed by atoms with Crippen molar-refractivity contribution in [3.05, 3.63) is 11.1 Å². The zero-order valence-electron chi connectivity index (χ0n) is 14.4. The summed E-state index contributed by atoms with van der Waals surface area (Å²) in [5.74, 6) is -1.60. The lowest BCUT2D eigenvalue weighted by Gasteiger charge is -2.43. The molecule has 4 nitrogen and oxygen atoms in total. The van der Waals surface area contributed by atoms with Gasteiger partial charge in [0.1, 0.15) is 0 Å². The minimum absolute atomic E-state index is 0.0898. The highest BCUT2D eigenvalue weighted by Crippen LogP contribution is 2.49. The van der Waals surface area contributed by atoms with Gasteiger partial charge >= 0.3 is 5.97 Å². The van der Waals surface area contributed by atoms with Gasteiger partial charge in [0.15, 0.2) is 0 Å². The van der Waals surface area contributed by atoms with E-state index in [0.29, 0.717) is 12.8 Å². The van der Waals surface area contributed by atoms with Gasteiger partial charge in [-0.25, -0.2) is 0 Å². The van der Waals surface area contributed by atoms with Crippen LogP contribution < -0.4 is 0 Å². The van der Waals surface area contributed by atoms with Crippen LogP contribution in [0.2, 0.25) is 0 Å². The fourth-order valence-electron chi connectivity index (χ4n) is 4.81. The molecule has 0 unspecified atom stereocenters. The number of rotatable bonds is 2. The van der Waals surface area contributed by atoms with E-state index >= 15 is 0 Å². The van der Waals surface area contributed by atoms with Crippen LogP contribution in [0.5, 0.6) is 0 Å². The summed E-state index contributed by atoms with van der Waals surface area (Å²) in [5.41, 5.74) is 2.81. The van der Waals surface area contributed by atoms with Gasteiger partial charge in [-0.1, -0.05) is 25.0 Å². The molecule has 1 fully saturated rings. The molecule has 1 amide bonds. The monoisotopic (exact) mass is 319 g/mol. The molecule has 3 rings (SSSR count). The normalized spacial score (nSPS) is 30.8. The van der Waals surface area contributed by atoms with Crippen LogP contribution in [-0.2, 0) is 9.59 Å². The van der Waals surface area contributed by atoms with Crippen LogP contribution in [0.25, 0.3) is 0 Å². The average molecular weight is 319 g/mol. The molecule has 4 heteroatoms. The SMILES string of the molecule is CC1(C)CCCC2=C1C[C@@H](C(=O)O)[C@H](C(=O)N1CCCCC1)C2. The molecule has 128 valence electrons. The highest BCUT2D eigenvalue weighted by Gasteiger charge is 2.44. The van der Waals surface area contributed by atoms with Crippen LogP contribution in [0.4, 0.5) is 0 Å². The third-order valence-electron chi connectivity index (χ3n) is 6.20. The number of carboxylic acid groups (broad SMARTS) is 1. The maximum absolute atomic E-state index is 12.9. The van der Waals surface area contributed by atoms with Gasteiger partial charge in [-0.2, -0.15) is 0 Å². The number of carbonyl (C=O) groups is 2. The van der Waals surface area contributed by atoms with Crippen molar-refractivity contribution in [1.82, 2.24) is 4.90 Å². The standard InChI is InChI=1S/C19H29NO3/c1-19(2)8-6-7-13-11-14(15(18(22)23)12-16(13)19)17(21)20-9-4-3-5-10-20/h14-15H,3-12H2,1-2H3,(H,22,23)/t14-,15-/m1/s1. The summed E-state index contributed by atoms with van der Waals surface area (Å²) in [4.78, 5) is 26.7. The maximum Gasteiger partial charge on any atom is 0.307 e. The third kappa shape index (κ3) is 3.17. The van der Waals surface area contributed by atoms with E-state index in [4.69, 9.17) is 0 Å². The Balaban J connectivity index is 1.86. The molecule has 0 aromatic heterocycles. The number of carboxylic acids is 1. The molecule has 0 saturated carbocycles. The van der Waals surface area contributed by atoms with Crippen LogP contribution in [-0.4, -0.2) is 35.0 Å². The van der Waals surface area contributed by atoms with E-state index in [-0.39, 0.29) is 17.2 Å². The molecular formula is C19H29NO3. The summed E-state index contributed by atoms with van der Waals surface area (Å²) in [5, 5.41) is 9.72. The number of aliphatic carboxylic acids is 1. The van der Waals surface area contributed by atoms with Crippen LogP contribution in [0, 0.1) is 17.3 Å². The van der Waals surface area contributed by atoms with Gasteiger partial charge in [0, 0.05) is 13.1 Å². The molecule has 1 heterocycles. The predicted molar refractivity (Wildman–Crippen MR) is 88.9 cm³/mol. The number of piperidine rings is 1. The van der Waals surface area contributed by atoms with Crippen molar-refractivity contribution in [2.24, 2.45) is 17.3 Å². The molecule has 3 aliphatic rings. The van der Waals surface area contributed by atoms with Crippen LogP contribution >= 0.6 is 0 Å². The summed E-state index contributed by atoms with van der Waals surface area (Å²) in [6, 6.07) is 0. The van der Waals surface area contributed by atoms with E-state index in [2.05, 4.69) is 13.8 Å². The molecular weight excluding hydrogens is 290 g/mol. The highest BCUT2D eigenvalue weighted by molar-refractivity contribution is 5.86. The van der Waals surface area contributed by atoms with Crippen LogP contribution in [0.15, 0.2) is 11.1 Å². The average Bonchev–Trinajstić information content (AvgIpc) is 2.53. The second-order valence-electron chi connectivity index (χ2n) is 8.16. The Morgan fingerprint density at radius 2 is 1.74 bits per heavy atom. The topological polar surface area (TPSA) is 57.6 Å². The second-order valence-corrected chi connectivity index (χ2v) is 8.16. The zero-order valence-corrected chi connectivity index (χ0v) is 14.4. The number of amides is 1. The molecule has 2 aliphatic carbocycles. The number of nitrogens with zero attached hydrogens (tertiary/aromatic N) is 1. The number of allylic oxidation sites excluding steroid dienone is 2. The van der Waals surface area contributed by atoms with Crippen molar-refractivity contribution in [1.29, 1.82) is 0 Å². The van der Waals surface area contributed by atoms with Gasteiger partial charge in [0.05, 0.1) is 11.8 Å². The molecule has 0 radical (unpaired) electrons. The lowest BCUT2D eigenvalue weighted by molar-refractivity contribution is -0.151. The summed E-state index contributed by atoms with van der Waals surface area (Å²) in [7, 11) is 0. The maximum atomic E-state index is 12.9. The first kappa shape index (κ1) is 16.5. The van der Waals surface area contributed by atoms with E-state index in [0.717, 1.165) is 45.2 Å². The minimum atomic E-state index is -0.798. The van der Waals surface area contributed by atoms with Gasteiger partial charge in [0.2, 0.25) is 5.91 Å². The van der Waals surface area contributed by atoms with Gasteiger partial charge in [-0.15, -0.1) is 0 Å². The molecule has 0 aromatic rings. The van der Waals surface area contributed by atoms with E-state index in [1.165, 1.54) is 17.6 Å². The zero-order chi connectivity index (χ0) is 16.6. The Bertz CT molecular complexity index is 529.